The van der Waals surface area contributed by atoms with Gasteiger partial charge < -0.3 is 16.3 Å². The molecule has 1 amide bonds. The van der Waals surface area contributed by atoms with Crippen LogP contribution in [0.2, 0.25) is 0 Å². The minimum absolute atomic E-state index is 0.0626. The molecule has 0 saturated carbocycles. The van der Waals surface area contributed by atoms with E-state index in [1.54, 1.807) is 38.7 Å². The Balaban J connectivity index is 2.90. The lowest BCUT2D eigenvalue weighted by atomic mass is 10.0. The molecule has 0 saturated heterocycles. The van der Waals surface area contributed by atoms with Gasteiger partial charge in [0.1, 0.15) is 0 Å². The fourth-order valence-electron chi connectivity index (χ4n) is 1.36. The van der Waals surface area contributed by atoms with Crippen LogP contribution in [-0.4, -0.2) is 32.3 Å². The van der Waals surface area contributed by atoms with Gasteiger partial charge in [0.25, 0.3) is 5.91 Å². The van der Waals surface area contributed by atoms with Crippen molar-refractivity contribution in [3.63, 3.8) is 0 Å². The van der Waals surface area contributed by atoms with E-state index in [0.717, 1.165) is 0 Å². The van der Waals surface area contributed by atoms with E-state index in [9.17, 15) is 4.79 Å². The number of carbonyl (C=O) groups excluding carboxylic acids is 1. The van der Waals surface area contributed by atoms with Crippen molar-refractivity contribution in [2.75, 3.05) is 0 Å². The molecule has 0 bridgehead atoms. The van der Waals surface area contributed by atoms with Gasteiger partial charge in [0.05, 0.1) is 16.8 Å². The number of aryl methyl sites for hydroxylation is 2. The molecule has 0 radical (unpaired) electrons. The first-order valence-corrected chi connectivity index (χ1v) is 5.08. The van der Waals surface area contributed by atoms with Crippen molar-refractivity contribution in [3.05, 3.63) is 17.5 Å². The summed E-state index contributed by atoms with van der Waals surface area (Å²) in [5, 5.41) is 18.2. The van der Waals surface area contributed by atoms with E-state index < -0.39 is 5.54 Å². The molecule has 7 nitrogen and oxygen atoms in total. The zero-order valence-electron chi connectivity index (χ0n) is 10.4. The Hall–Kier alpha value is -2.05. The zero-order valence-corrected chi connectivity index (χ0v) is 10.4. The van der Waals surface area contributed by atoms with Gasteiger partial charge in [0.2, 0.25) is 0 Å². The number of nitrogens with two attached hydrogens (primary N) is 1. The van der Waals surface area contributed by atoms with Crippen molar-refractivity contribution in [1.82, 2.24) is 15.1 Å². The fourth-order valence-corrected chi connectivity index (χ4v) is 1.36. The van der Waals surface area contributed by atoms with Crippen molar-refractivity contribution in [2.24, 2.45) is 17.9 Å². The number of rotatable bonds is 3. The maximum atomic E-state index is 12.0. The molecule has 0 aliphatic rings. The molecule has 17 heavy (non-hydrogen) atoms. The van der Waals surface area contributed by atoms with E-state index in [1.807, 2.05) is 0 Å². The Labute approximate surface area is 99.3 Å². The van der Waals surface area contributed by atoms with Crippen LogP contribution in [0.5, 0.6) is 0 Å². The summed E-state index contributed by atoms with van der Waals surface area (Å²) in [5.41, 5.74) is 5.65. The van der Waals surface area contributed by atoms with Gasteiger partial charge in [-0.1, -0.05) is 5.16 Å². The summed E-state index contributed by atoms with van der Waals surface area (Å²) >= 11 is 0. The molecule has 0 atom stereocenters. The second kappa shape index (κ2) is 4.44. The number of oxime groups is 1. The molecule has 0 unspecified atom stereocenters. The zero-order chi connectivity index (χ0) is 13.2. The van der Waals surface area contributed by atoms with E-state index in [4.69, 9.17) is 10.9 Å². The Morgan fingerprint density at radius 1 is 1.65 bits per heavy atom. The molecule has 0 aromatic carbocycles. The summed E-state index contributed by atoms with van der Waals surface area (Å²) in [4.78, 5) is 12.0. The molecule has 0 aliphatic carbocycles. The maximum Gasteiger partial charge on any atom is 0.255 e. The number of aromatic nitrogens is 2. The van der Waals surface area contributed by atoms with Crippen LogP contribution < -0.4 is 11.1 Å². The average molecular weight is 239 g/mol. The van der Waals surface area contributed by atoms with Crippen molar-refractivity contribution >= 4 is 11.7 Å². The predicted molar refractivity (Wildman–Crippen MR) is 62.9 cm³/mol. The van der Waals surface area contributed by atoms with Gasteiger partial charge in [-0.2, -0.15) is 5.10 Å². The first-order valence-electron chi connectivity index (χ1n) is 5.08. The van der Waals surface area contributed by atoms with Crippen LogP contribution in [0.4, 0.5) is 0 Å². The van der Waals surface area contributed by atoms with Crippen LogP contribution in [0.3, 0.4) is 0 Å². The summed E-state index contributed by atoms with van der Waals surface area (Å²) in [6, 6.07) is 0. The molecule has 94 valence electrons. The van der Waals surface area contributed by atoms with Crippen LogP contribution in [0, 0.1) is 6.92 Å². The summed E-state index contributed by atoms with van der Waals surface area (Å²) in [7, 11) is 1.73. The first-order chi connectivity index (χ1) is 7.77. The van der Waals surface area contributed by atoms with Gasteiger partial charge in [-0.15, -0.1) is 0 Å². The summed E-state index contributed by atoms with van der Waals surface area (Å²) in [5.74, 6) is -0.375. The summed E-state index contributed by atoms with van der Waals surface area (Å²) in [6.07, 6.45) is 1.62. The third kappa shape index (κ3) is 2.74. The van der Waals surface area contributed by atoms with E-state index in [2.05, 4.69) is 15.6 Å². The topological polar surface area (TPSA) is 106 Å². The van der Waals surface area contributed by atoms with Crippen molar-refractivity contribution in [3.8, 4) is 0 Å². The summed E-state index contributed by atoms with van der Waals surface area (Å²) < 4.78 is 1.56. The molecule has 1 heterocycles. The molecule has 1 aromatic rings. The third-order valence-corrected chi connectivity index (χ3v) is 2.43. The van der Waals surface area contributed by atoms with E-state index >= 15 is 0 Å². The molecule has 0 spiro atoms. The lowest BCUT2D eigenvalue weighted by molar-refractivity contribution is 0.0930. The molecule has 1 rings (SSSR count). The van der Waals surface area contributed by atoms with Crippen LogP contribution >= 0.6 is 0 Å². The van der Waals surface area contributed by atoms with E-state index in [-0.39, 0.29) is 11.7 Å². The predicted octanol–water partition coefficient (Wildman–Crippen LogP) is -0.0167. The number of hydrogen-bond donors (Lipinski definition) is 3. The van der Waals surface area contributed by atoms with Gasteiger partial charge in [-0.05, 0) is 20.8 Å². The Kier molecular flexibility index (Phi) is 3.40. The summed E-state index contributed by atoms with van der Waals surface area (Å²) in [6.45, 7) is 5.03. The number of nitrogens with one attached hydrogen (secondary N) is 1. The Bertz CT molecular complexity index is 461. The van der Waals surface area contributed by atoms with Crippen LogP contribution in [0.1, 0.15) is 29.9 Å². The van der Waals surface area contributed by atoms with Crippen molar-refractivity contribution in [2.45, 2.75) is 26.3 Å². The minimum atomic E-state index is -0.923. The number of nitrogens with zero attached hydrogens (tertiary/aromatic N) is 3. The Morgan fingerprint density at radius 2 is 2.24 bits per heavy atom. The largest absolute Gasteiger partial charge is 0.409 e. The SMILES string of the molecule is Cc1nn(C)cc1C(=O)NC(C)(C)/C(N)=N/O. The van der Waals surface area contributed by atoms with Gasteiger partial charge in [0.15, 0.2) is 5.84 Å². The highest BCUT2D eigenvalue weighted by Crippen LogP contribution is 2.08. The lowest BCUT2D eigenvalue weighted by Crippen LogP contribution is -2.53. The van der Waals surface area contributed by atoms with Gasteiger partial charge in [-0.3, -0.25) is 9.48 Å². The second-order valence-electron chi connectivity index (χ2n) is 4.37. The highest BCUT2D eigenvalue weighted by atomic mass is 16.4. The molecule has 0 aliphatic heterocycles. The van der Waals surface area contributed by atoms with E-state index in [1.165, 1.54) is 0 Å². The quantitative estimate of drug-likeness (QED) is 0.298. The van der Waals surface area contributed by atoms with Gasteiger partial charge >= 0.3 is 0 Å². The minimum Gasteiger partial charge on any atom is -0.409 e. The molecular weight excluding hydrogens is 222 g/mol. The average Bonchev–Trinajstić information content (AvgIpc) is 2.56. The second-order valence-corrected chi connectivity index (χ2v) is 4.37. The lowest BCUT2D eigenvalue weighted by Gasteiger charge is -2.24. The molecule has 7 heteroatoms. The molecular formula is C10H17N5O2. The molecule has 4 N–H and O–H groups in total. The number of amides is 1. The molecule has 0 fully saturated rings. The van der Waals surface area contributed by atoms with Crippen LogP contribution in [-0.2, 0) is 7.05 Å². The van der Waals surface area contributed by atoms with Crippen molar-refractivity contribution < 1.29 is 10.0 Å². The monoisotopic (exact) mass is 239 g/mol. The third-order valence-electron chi connectivity index (χ3n) is 2.43. The normalized spacial score (nSPS) is 12.6. The highest BCUT2D eigenvalue weighted by Gasteiger charge is 2.27. The first kappa shape index (κ1) is 13.0. The number of carbonyl (C=O) groups is 1. The van der Waals surface area contributed by atoms with E-state index in [0.29, 0.717) is 11.3 Å². The highest BCUT2D eigenvalue weighted by molar-refractivity contribution is 6.00. The Morgan fingerprint density at radius 3 is 2.65 bits per heavy atom. The number of hydrogen-bond acceptors (Lipinski definition) is 4. The molecule has 1 aromatic heterocycles. The maximum absolute atomic E-state index is 12.0. The van der Waals surface area contributed by atoms with Crippen LogP contribution in [0.25, 0.3) is 0 Å². The standard InChI is InChI=1S/C10H17N5O2/c1-6-7(5-15(4)13-6)8(16)12-10(2,3)9(11)14-17/h5,17H,1-4H3,(H2,11,14)(H,12,16). The van der Waals surface area contributed by atoms with Gasteiger partial charge in [0, 0.05) is 13.2 Å². The van der Waals surface area contributed by atoms with Crippen LogP contribution in [0.15, 0.2) is 11.4 Å². The fraction of sp³-hybridized carbons (Fsp3) is 0.500. The van der Waals surface area contributed by atoms with Gasteiger partial charge in [-0.25, -0.2) is 0 Å². The van der Waals surface area contributed by atoms with Crippen molar-refractivity contribution in [1.29, 1.82) is 0 Å². The number of amidine groups is 1. The smallest absolute Gasteiger partial charge is 0.255 e.